The fraction of sp³-hybridized carbons (Fsp3) is 0.208. The number of nitrogens with zero attached hydrogens (tertiary/aromatic N) is 1. The van der Waals surface area contributed by atoms with Gasteiger partial charge in [-0.1, -0.05) is 29.8 Å². The summed E-state index contributed by atoms with van der Waals surface area (Å²) < 4.78 is 44.4. The minimum Gasteiger partial charge on any atom is -0.493 e. The van der Waals surface area contributed by atoms with Gasteiger partial charge in [0, 0.05) is 11.6 Å². The van der Waals surface area contributed by atoms with Gasteiger partial charge >= 0.3 is 0 Å². The molecule has 0 radical (unpaired) electrons. The highest BCUT2D eigenvalue weighted by Crippen LogP contribution is 2.37. The largest absolute Gasteiger partial charge is 0.493 e. The minimum atomic E-state index is -3.96. The Hall–Kier alpha value is -3.43. The van der Waals surface area contributed by atoms with Crippen molar-refractivity contribution in [2.24, 2.45) is 0 Å². The summed E-state index contributed by atoms with van der Waals surface area (Å²) in [6.45, 7) is 0.0182. The minimum absolute atomic E-state index is 0.0677. The molecular formula is C24H23ClN2O6S. The number of carbonyl (C=O) groups is 1. The van der Waals surface area contributed by atoms with E-state index >= 15 is 0 Å². The van der Waals surface area contributed by atoms with Crippen molar-refractivity contribution < 1.29 is 27.4 Å². The molecule has 8 nitrogen and oxygen atoms in total. The van der Waals surface area contributed by atoms with Gasteiger partial charge in [-0.2, -0.15) is 0 Å². The Labute approximate surface area is 203 Å². The van der Waals surface area contributed by atoms with Crippen LogP contribution in [0.25, 0.3) is 0 Å². The first-order valence-corrected chi connectivity index (χ1v) is 12.2. The molecule has 1 N–H and O–H groups in total. The van der Waals surface area contributed by atoms with E-state index in [-0.39, 0.29) is 18.0 Å². The summed E-state index contributed by atoms with van der Waals surface area (Å²) in [5.74, 6) is 0.975. The first-order chi connectivity index (χ1) is 16.3. The highest BCUT2D eigenvalue weighted by atomic mass is 35.5. The van der Waals surface area contributed by atoms with Crippen LogP contribution in [0.4, 0.5) is 5.69 Å². The Morgan fingerprint density at radius 3 is 2.47 bits per heavy atom. The smallest absolute Gasteiger partial charge is 0.264 e. The van der Waals surface area contributed by atoms with Crippen LogP contribution >= 0.6 is 11.6 Å². The molecule has 1 atom stereocenters. The van der Waals surface area contributed by atoms with E-state index in [1.807, 2.05) is 0 Å². The fourth-order valence-electron chi connectivity index (χ4n) is 3.59. The number of fused-ring (bicyclic) bond motifs is 1. The van der Waals surface area contributed by atoms with Gasteiger partial charge in [-0.05, 0) is 54.1 Å². The lowest BCUT2D eigenvalue weighted by Gasteiger charge is -2.34. The predicted octanol–water partition coefficient (Wildman–Crippen LogP) is 3.63. The lowest BCUT2D eigenvalue weighted by atomic mass is 10.2. The van der Waals surface area contributed by atoms with Crippen molar-refractivity contribution >= 4 is 33.2 Å². The molecule has 1 aliphatic heterocycles. The molecule has 0 bridgehead atoms. The number of hydrogen-bond donors (Lipinski definition) is 1. The molecular weight excluding hydrogens is 480 g/mol. The van der Waals surface area contributed by atoms with Crippen LogP contribution in [0.15, 0.2) is 71.6 Å². The van der Waals surface area contributed by atoms with Crippen LogP contribution in [-0.2, 0) is 21.4 Å². The van der Waals surface area contributed by atoms with E-state index in [0.717, 1.165) is 5.56 Å². The zero-order valence-electron chi connectivity index (χ0n) is 18.5. The highest BCUT2D eigenvalue weighted by molar-refractivity contribution is 7.92. The molecule has 3 aromatic rings. The molecule has 0 unspecified atom stereocenters. The molecule has 3 aromatic carbocycles. The first-order valence-electron chi connectivity index (χ1n) is 10.4. The van der Waals surface area contributed by atoms with E-state index < -0.39 is 22.0 Å². The maximum atomic E-state index is 13.4. The second-order valence-corrected chi connectivity index (χ2v) is 9.77. The average Bonchev–Trinajstić information content (AvgIpc) is 2.86. The van der Waals surface area contributed by atoms with Crippen molar-refractivity contribution in [2.45, 2.75) is 17.5 Å². The van der Waals surface area contributed by atoms with Crippen molar-refractivity contribution in [3.8, 4) is 17.2 Å². The van der Waals surface area contributed by atoms with Gasteiger partial charge in [-0.15, -0.1) is 0 Å². The topological polar surface area (TPSA) is 94.2 Å². The van der Waals surface area contributed by atoms with Crippen molar-refractivity contribution in [3.63, 3.8) is 0 Å². The Morgan fingerprint density at radius 1 is 1.06 bits per heavy atom. The number of sulfonamides is 1. The number of hydrogen-bond acceptors (Lipinski definition) is 6. The molecule has 1 aliphatic rings. The number of anilines is 1. The van der Waals surface area contributed by atoms with Gasteiger partial charge in [-0.25, -0.2) is 8.42 Å². The summed E-state index contributed by atoms with van der Waals surface area (Å²) in [5.41, 5.74) is 1.15. The van der Waals surface area contributed by atoms with Crippen LogP contribution in [0, 0.1) is 0 Å². The fourth-order valence-corrected chi connectivity index (χ4v) is 5.20. The van der Waals surface area contributed by atoms with Gasteiger partial charge in [0.05, 0.1) is 31.3 Å². The first kappa shape index (κ1) is 23.7. The highest BCUT2D eigenvalue weighted by Gasteiger charge is 2.37. The van der Waals surface area contributed by atoms with Crippen molar-refractivity contribution in [1.29, 1.82) is 0 Å². The summed E-state index contributed by atoms with van der Waals surface area (Å²) in [4.78, 5) is 13.0. The Morgan fingerprint density at radius 2 is 1.76 bits per heavy atom. The normalized spacial score (nSPS) is 15.1. The molecule has 10 heteroatoms. The molecule has 0 aliphatic carbocycles. The van der Waals surface area contributed by atoms with E-state index in [0.29, 0.717) is 28.0 Å². The maximum absolute atomic E-state index is 13.4. The summed E-state index contributed by atoms with van der Waals surface area (Å²) >= 11 is 5.92. The third-order valence-corrected chi connectivity index (χ3v) is 7.39. The number of benzene rings is 3. The monoisotopic (exact) mass is 502 g/mol. The van der Waals surface area contributed by atoms with Gasteiger partial charge in [0.15, 0.2) is 17.6 Å². The number of halogens is 1. The van der Waals surface area contributed by atoms with Crippen LogP contribution in [-0.4, -0.2) is 41.2 Å². The Balaban J connectivity index is 1.56. The summed E-state index contributed by atoms with van der Waals surface area (Å²) in [6, 6.07) is 17.9. The maximum Gasteiger partial charge on any atom is 0.264 e. The number of ether oxygens (including phenoxy) is 3. The Kier molecular flexibility index (Phi) is 6.85. The Bertz CT molecular complexity index is 1300. The summed E-state index contributed by atoms with van der Waals surface area (Å²) in [5, 5.41) is 3.23. The molecule has 0 fully saturated rings. The van der Waals surface area contributed by atoms with Gasteiger partial charge in [0.25, 0.3) is 15.9 Å². The van der Waals surface area contributed by atoms with Crippen LogP contribution < -0.4 is 23.8 Å². The molecule has 34 heavy (non-hydrogen) atoms. The third kappa shape index (κ3) is 4.76. The number of rotatable bonds is 7. The number of carbonyl (C=O) groups excluding carboxylic acids is 1. The second-order valence-electron chi connectivity index (χ2n) is 7.47. The lowest BCUT2D eigenvalue weighted by Crippen LogP contribution is -2.50. The van der Waals surface area contributed by atoms with E-state index in [4.69, 9.17) is 25.8 Å². The van der Waals surface area contributed by atoms with E-state index in [9.17, 15) is 13.2 Å². The summed E-state index contributed by atoms with van der Waals surface area (Å²) in [6.07, 6.45) is -1.04. The van der Waals surface area contributed by atoms with Gasteiger partial charge in [-0.3, -0.25) is 9.10 Å². The predicted molar refractivity (Wildman–Crippen MR) is 128 cm³/mol. The molecule has 1 amide bonds. The van der Waals surface area contributed by atoms with Crippen molar-refractivity contribution in [2.75, 3.05) is 25.1 Å². The van der Waals surface area contributed by atoms with Crippen LogP contribution in [0.2, 0.25) is 5.02 Å². The van der Waals surface area contributed by atoms with E-state index in [1.54, 1.807) is 49.6 Å². The third-order valence-electron chi connectivity index (χ3n) is 5.34. The number of amides is 1. The van der Waals surface area contributed by atoms with Crippen molar-refractivity contribution in [3.05, 3.63) is 77.3 Å². The molecule has 0 saturated carbocycles. The molecule has 0 saturated heterocycles. The molecule has 0 spiro atoms. The van der Waals surface area contributed by atoms with Crippen LogP contribution in [0.5, 0.6) is 17.2 Å². The van der Waals surface area contributed by atoms with Gasteiger partial charge < -0.3 is 19.5 Å². The number of nitrogens with one attached hydrogen (secondary N) is 1. The molecule has 0 aromatic heterocycles. The van der Waals surface area contributed by atoms with E-state index in [2.05, 4.69) is 5.32 Å². The number of para-hydroxylation sites is 2. The lowest BCUT2D eigenvalue weighted by molar-refractivity contribution is -0.127. The standard InChI is InChI=1S/C24H23ClN2O6S/c1-31-21-12-7-16(13-22(21)32-2)14-26-24(28)23-15-27(19-5-3-4-6-20(19)33-23)34(29,30)18-10-8-17(25)9-11-18/h3-13,23H,14-15H2,1-2H3,(H,26,28)/t23-/m0/s1. The summed E-state index contributed by atoms with van der Waals surface area (Å²) in [7, 11) is -0.884. The van der Waals surface area contributed by atoms with Gasteiger partial charge in [0.2, 0.25) is 0 Å². The van der Waals surface area contributed by atoms with E-state index in [1.165, 1.54) is 35.7 Å². The SMILES string of the molecule is COc1ccc(CNC(=O)[C@@H]2CN(S(=O)(=O)c3ccc(Cl)cc3)c3ccccc3O2)cc1OC. The van der Waals surface area contributed by atoms with Crippen LogP contribution in [0.3, 0.4) is 0 Å². The number of methoxy groups -OCH3 is 2. The van der Waals surface area contributed by atoms with Crippen LogP contribution in [0.1, 0.15) is 5.56 Å². The van der Waals surface area contributed by atoms with Crippen molar-refractivity contribution in [1.82, 2.24) is 5.32 Å². The zero-order chi connectivity index (χ0) is 24.3. The second kappa shape index (κ2) is 9.82. The molecule has 4 rings (SSSR count). The van der Waals surface area contributed by atoms with Gasteiger partial charge in [0.1, 0.15) is 5.75 Å². The molecule has 1 heterocycles. The molecule has 178 valence electrons. The average molecular weight is 503 g/mol. The quantitative estimate of drug-likeness (QED) is 0.530. The zero-order valence-corrected chi connectivity index (χ0v) is 20.1.